The molecule has 0 saturated carbocycles. The summed E-state index contributed by atoms with van der Waals surface area (Å²) in [6.07, 6.45) is 0. The molecule has 0 bridgehead atoms. The van der Waals surface area contributed by atoms with E-state index in [1.807, 2.05) is 13.0 Å². The molecule has 100 valence electrons. The summed E-state index contributed by atoms with van der Waals surface area (Å²) < 4.78 is 26.7. The molecule has 0 spiro atoms. The Labute approximate surface area is 118 Å². The van der Waals surface area contributed by atoms with E-state index in [1.165, 1.54) is 0 Å². The van der Waals surface area contributed by atoms with E-state index in [0.29, 0.717) is 17.3 Å². The van der Waals surface area contributed by atoms with Crippen molar-refractivity contribution in [3.05, 3.63) is 29.8 Å². The first-order chi connectivity index (χ1) is 8.55. The molecule has 3 nitrogen and oxygen atoms in total. The number of alkyl halides is 1. The highest BCUT2D eigenvalue weighted by Gasteiger charge is 2.31. The monoisotopic (exact) mass is 305 g/mol. The highest BCUT2D eigenvalue weighted by atomic mass is 35.5. The van der Waals surface area contributed by atoms with Gasteiger partial charge in [0, 0.05) is 30.0 Å². The topological polar surface area (TPSA) is 37.4 Å². The Kier molecular flexibility index (Phi) is 4.59. The van der Waals surface area contributed by atoms with Gasteiger partial charge in [-0.25, -0.2) is 8.42 Å². The van der Waals surface area contributed by atoms with Crippen LogP contribution in [0.3, 0.4) is 0 Å². The fourth-order valence-corrected chi connectivity index (χ4v) is 5.08. The SMILES string of the molecule is CC1CSCCN1S(=O)(=O)c1cccc(CCl)c1. The summed E-state index contributed by atoms with van der Waals surface area (Å²) in [4.78, 5) is 0.347. The van der Waals surface area contributed by atoms with Crippen LogP contribution in [0, 0.1) is 0 Å². The van der Waals surface area contributed by atoms with Gasteiger partial charge in [-0.1, -0.05) is 12.1 Å². The Hall–Kier alpha value is -0.230. The van der Waals surface area contributed by atoms with Crippen molar-refractivity contribution in [2.24, 2.45) is 0 Å². The summed E-state index contributed by atoms with van der Waals surface area (Å²) in [6.45, 7) is 2.54. The zero-order chi connectivity index (χ0) is 13.2. The molecule has 18 heavy (non-hydrogen) atoms. The van der Waals surface area contributed by atoms with Gasteiger partial charge < -0.3 is 0 Å². The number of hydrogen-bond donors (Lipinski definition) is 0. The predicted octanol–water partition coefficient (Wildman–Crippen LogP) is 2.55. The zero-order valence-corrected chi connectivity index (χ0v) is 12.6. The van der Waals surface area contributed by atoms with E-state index in [0.717, 1.165) is 17.1 Å². The molecule has 1 aromatic carbocycles. The molecule has 1 saturated heterocycles. The van der Waals surface area contributed by atoms with Gasteiger partial charge >= 0.3 is 0 Å². The first kappa shape index (κ1) is 14.2. The molecule has 0 aliphatic carbocycles. The quantitative estimate of drug-likeness (QED) is 0.805. The van der Waals surface area contributed by atoms with Gasteiger partial charge in [0.05, 0.1) is 4.90 Å². The summed E-state index contributed by atoms with van der Waals surface area (Å²) in [5, 5.41) is 0. The van der Waals surface area contributed by atoms with Crippen LogP contribution in [-0.4, -0.2) is 36.8 Å². The van der Waals surface area contributed by atoms with Crippen molar-refractivity contribution in [2.45, 2.75) is 23.7 Å². The van der Waals surface area contributed by atoms with E-state index in [-0.39, 0.29) is 6.04 Å². The molecule has 6 heteroatoms. The maximum Gasteiger partial charge on any atom is 0.243 e. The van der Waals surface area contributed by atoms with E-state index in [4.69, 9.17) is 11.6 Å². The fraction of sp³-hybridized carbons (Fsp3) is 0.500. The van der Waals surface area contributed by atoms with Crippen molar-refractivity contribution >= 4 is 33.4 Å². The first-order valence-electron chi connectivity index (χ1n) is 5.80. The van der Waals surface area contributed by atoms with E-state index >= 15 is 0 Å². The molecule has 0 aromatic heterocycles. The average Bonchev–Trinajstić information content (AvgIpc) is 2.39. The van der Waals surface area contributed by atoms with Crippen LogP contribution >= 0.6 is 23.4 Å². The third-order valence-corrected chi connectivity index (χ3v) is 6.47. The van der Waals surface area contributed by atoms with Gasteiger partial charge in [-0.15, -0.1) is 11.6 Å². The second-order valence-corrected chi connectivity index (χ2v) is 7.63. The Balaban J connectivity index is 2.34. The molecule has 1 atom stereocenters. The van der Waals surface area contributed by atoms with E-state index in [2.05, 4.69) is 0 Å². The lowest BCUT2D eigenvalue weighted by molar-refractivity contribution is 0.367. The highest BCUT2D eigenvalue weighted by molar-refractivity contribution is 7.99. The minimum atomic E-state index is -3.38. The molecule has 1 aromatic rings. The number of nitrogens with zero attached hydrogens (tertiary/aromatic N) is 1. The molecule has 0 N–H and O–H groups in total. The molecule has 1 aliphatic rings. The average molecular weight is 306 g/mol. The van der Waals surface area contributed by atoms with Crippen molar-refractivity contribution in [3.63, 3.8) is 0 Å². The van der Waals surface area contributed by atoms with Crippen LogP contribution in [-0.2, 0) is 15.9 Å². The van der Waals surface area contributed by atoms with Crippen LogP contribution in [0.2, 0.25) is 0 Å². The number of halogens is 1. The maximum absolute atomic E-state index is 12.5. The van der Waals surface area contributed by atoms with Crippen LogP contribution in [0.4, 0.5) is 0 Å². The normalized spacial score (nSPS) is 22.0. The van der Waals surface area contributed by atoms with E-state index in [9.17, 15) is 8.42 Å². The molecular weight excluding hydrogens is 290 g/mol. The fourth-order valence-electron chi connectivity index (χ4n) is 1.99. The van der Waals surface area contributed by atoms with Crippen molar-refractivity contribution < 1.29 is 8.42 Å². The molecule has 1 aliphatic heterocycles. The lowest BCUT2D eigenvalue weighted by atomic mass is 10.2. The lowest BCUT2D eigenvalue weighted by Gasteiger charge is -2.32. The predicted molar refractivity (Wildman–Crippen MR) is 76.7 cm³/mol. The van der Waals surface area contributed by atoms with Crippen LogP contribution < -0.4 is 0 Å². The molecule has 1 heterocycles. The Morgan fingerprint density at radius 2 is 2.28 bits per heavy atom. The van der Waals surface area contributed by atoms with Gasteiger partial charge in [0.15, 0.2) is 0 Å². The Bertz CT molecular complexity index is 519. The zero-order valence-electron chi connectivity index (χ0n) is 10.2. The van der Waals surface area contributed by atoms with Crippen LogP contribution in [0.15, 0.2) is 29.2 Å². The minimum Gasteiger partial charge on any atom is -0.207 e. The van der Waals surface area contributed by atoms with Gasteiger partial charge in [0.25, 0.3) is 0 Å². The standard InChI is InChI=1S/C12H16ClNO2S2/c1-10-9-17-6-5-14(10)18(15,16)12-4-2-3-11(7-12)8-13/h2-4,7,10H,5-6,8-9H2,1H3. The van der Waals surface area contributed by atoms with Crippen LogP contribution in [0.1, 0.15) is 12.5 Å². The van der Waals surface area contributed by atoms with Gasteiger partial charge in [-0.3, -0.25) is 0 Å². The summed E-state index contributed by atoms with van der Waals surface area (Å²) in [5.74, 6) is 2.04. The molecule has 0 radical (unpaired) electrons. The van der Waals surface area contributed by atoms with Crippen molar-refractivity contribution in [1.29, 1.82) is 0 Å². The van der Waals surface area contributed by atoms with E-state index < -0.39 is 10.0 Å². The summed E-state index contributed by atoms with van der Waals surface area (Å²) in [6, 6.07) is 6.93. The molecule has 0 amide bonds. The summed E-state index contributed by atoms with van der Waals surface area (Å²) >= 11 is 7.55. The number of benzene rings is 1. The van der Waals surface area contributed by atoms with Gasteiger partial charge in [-0.05, 0) is 24.6 Å². The summed E-state index contributed by atoms with van der Waals surface area (Å²) in [7, 11) is -3.38. The van der Waals surface area contributed by atoms with Gasteiger partial charge in [0.1, 0.15) is 0 Å². The van der Waals surface area contributed by atoms with Crippen molar-refractivity contribution in [1.82, 2.24) is 4.31 Å². The first-order valence-corrected chi connectivity index (χ1v) is 8.93. The number of thioether (sulfide) groups is 1. The van der Waals surface area contributed by atoms with Crippen LogP contribution in [0.25, 0.3) is 0 Å². The minimum absolute atomic E-state index is 0.0495. The molecule has 2 rings (SSSR count). The van der Waals surface area contributed by atoms with Crippen molar-refractivity contribution in [3.8, 4) is 0 Å². The molecule has 1 unspecified atom stereocenters. The molecular formula is C12H16ClNO2S2. The van der Waals surface area contributed by atoms with Gasteiger partial charge in [0.2, 0.25) is 10.0 Å². The third kappa shape index (κ3) is 2.85. The number of hydrogen-bond acceptors (Lipinski definition) is 3. The highest BCUT2D eigenvalue weighted by Crippen LogP contribution is 2.25. The van der Waals surface area contributed by atoms with Crippen LogP contribution in [0.5, 0.6) is 0 Å². The lowest BCUT2D eigenvalue weighted by Crippen LogP contribution is -2.44. The van der Waals surface area contributed by atoms with Gasteiger partial charge in [-0.2, -0.15) is 16.1 Å². The second kappa shape index (κ2) is 5.82. The van der Waals surface area contributed by atoms with E-state index in [1.54, 1.807) is 34.3 Å². The second-order valence-electron chi connectivity index (χ2n) is 4.32. The van der Waals surface area contributed by atoms with Crippen molar-refractivity contribution in [2.75, 3.05) is 18.1 Å². The third-order valence-electron chi connectivity index (χ3n) is 2.97. The largest absolute Gasteiger partial charge is 0.243 e. The number of sulfonamides is 1. The Morgan fingerprint density at radius 1 is 1.50 bits per heavy atom. The Morgan fingerprint density at radius 3 is 2.94 bits per heavy atom. The summed E-state index contributed by atoms with van der Waals surface area (Å²) in [5.41, 5.74) is 0.830. The smallest absolute Gasteiger partial charge is 0.207 e. The number of rotatable bonds is 3. The maximum atomic E-state index is 12.5. The molecule has 1 fully saturated rings.